The third-order valence-electron chi connectivity index (χ3n) is 4.33. The van der Waals surface area contributed by atoms with Gasteiger partial charge in [0.2, 0.25) is 0 Å². The van der Waals surface area contributed by atoms with E-state index in [1.807, 2.05) is 34.9 Å². The zero-order valence-corrected chi connectivity index (χ0v) is 15.6. The molecular formula is C20H20FN3O2S. The molecule has 3 aromatic rings. The third-order valence-corrected chi connectivity index (χ3v) is 5.39. The maximum absolute atomic E-state index is 13.8. The predicted octanol–water partition coefficient (Wildman–Crippen LogP) is 4.26. The Morgan fingerprint density at radius 3 is 2.70 bits per heavy atom. The van der Waals surface area contributed by atoms with Crippen molar-refractivity contribution in [1.29, 1.82) is 0 Å². The lowest BCUT2D eigenvalue weighted by Crippen LogP contribution is -2.10. The summed E-state index contributed by atoms with van der Waals surface area (Å²) in [5, 5.41) is 9.40. The number of rotatable bonds is 7. The van der Waals surface area contributed by atoms with Crippen LogP contribution in [-0.2, 0) is 11.3 Å². The van der Waals surface area contributed by atoms with Gasteiger partial charge in [-0.1, -0.05) is 42.1 Å². The quantitative estimate of drug-likeness (QED) is 0.569. The molecule has 2 heterocycles. The minimum Gasteiger partial charge on any atom is -0.483 e. The summed E-state index contributed by atoms with van der Waals surface area (Å²) in [5.41, 5.74) is 0.949. The Balaban J connectivity index is 1.56. The highest BCUT2D eigenvalue weighted by Gasteiger charge is 2.20. The normalized spacial score (nSPS) is 16.6. The zero-order valence-electron chi connectivity index (χ0n) is 14.8. The molecule has 27 heavy (non-hydrogen) atoms. The van der Waals surface area contributed by atoms with Gasteiger partial charge >= 0.3 is 0 Å². The molecule has 0 amide bonds. The van der Waals surface area contributed by atoms with Crippen molar-refractivity contribution in [2.24, 2.45) is 0 Å². The van der Waals surface area contributed by atoms with Gasteiger partial charge in [0.05, 0.1) is 6.10 Å². The van der Waals surface area contributed by atoms with Gasteiger partial charge in [0.25, 0.3) is 0 Å². The van der Waals surface area contributed by atoms with E-state index in [1.54, 1.807) is 30.0 Å². The Kier molecular flexibility index (Phi) is 5.69. The second-order valence-corrected chi connectivity index (χ2v) is 7.22. The number of para-hydroxylation sites is 2. The minimum atomic E-state index is -0.392. The van der Waals surface area contributed by atoms with E-state index in [1.165, 1.54) is 6.07 Å². The third kappa shape index (κ3) is 4.31. The number of nitrogens with zero attached hydrogens (tertiary/aromatic N) is 3. The molecule has 1 fully saturated rings. The molecule has 2 aromatic carbocycles. The fourth-order valence-corrected chi connectivity index (χ4v) is 4.01. The van der Waals surface area contributed by atoms with Crippen LogP contribution in [0.5, 0.6) is 5.75 Å². The van der Waals surface area contributed by atoms with Crippen molar-refractivity contribution in [3.63, 3.8) is 0 Å². The fourth-order valence-electron chi connectivity index (χ4n) is 2.97. The second-order valence-electron chi connectivity index (χ2n) is 6.23. The average molecular weight is 385 g/mol. The van der Waals surface area contributed by atoms with Gasteiger partial charge in [-0.25, -0.2) is 4.39 Å². The van der Waals surface area contributed by atoms with E-state index >= 15 is 0 Å². The Hall–Kier alpha value is -2.38. The van der Waals surface area contributed by atoms with Crippen LogP contribution in [0.4, 0.5) is 4.39 Å². The molecule has 0 radical (unpaired) electrons. The highest BCUT2D eigenvalue weighted by Crippen LogP contribution is 2.26. The lowest BCUT2D eigenvalue weighted by molar-refractivity contribution is 0.129. The zero-order chi connectivity index (χ0) is 18.5. The summed E-state index contributed by atoms with van der Waals surface area (Å²) < 4.78 is 27.1. The summed E-state index contributed by atoms with van der Waals surface area (Å²) in [6.07, 6.45) is 2.45. The molecule has 0 saturated carbocycles. The Labute approximate surface area is 161 Å². The summed E-state index contributed by atoms with van der Waals surface area (Å²) >= 11 is 1.62. The van der Waals surface area contributed by atoms with E-state index in [9.17, 15) is 4.39 Å². The van der Waals surface area contributed by atoms with Crippen molar-refractivity contribution in [2.45, 2.75) is 30.7 Å². The van der Waals surface area contributed by atoms with Crippen molar-refractivity contribution >= 4 is 11.8 Å². The van der Waals surface area contributed by atoms with Gasteiger partial charge < -0.3 is 9.47 Å². The second kappa shape index (κ2) is 8.54. The predicted molar refractivity (Wildman–Crippen MR) is 102 cm³/mol. The van der Waals surface area contributed by atoms with Crippen LogP contribution in [0.3, 0.4) is 0 Å². The molecule has 1 saturated heterocycles. The molecule has 0 N–H and O–H groups in total. The molecule has 7 heteroatoms. The van der Waals surface area contributed by atoms with Crippen molar-refractivity contribution in [3.8, 4) is 11.4 Å². The van der Waals surface area contributed by atoms with Crippen molar-refractivity contribution in [2.75, 3.05) is 12.4 Å². The first kappa shape index (κ1) is 18.0. The van der Waals surface area contributed by atoms with Crippen LogP contribution < -0.4 is 4.74 Å². The summed E-state index contributed by atoms with van der Waals surface area (Å²) in [4.78, 5) is 0. The van der Waals surface area contributed by atoms with E-state index in [4.69, 9.17) is 9.47 Å². The van der Waals surface area contributed by atoms with Gasteiger partial charge in [-0.3, -0.25) is 4.57 Å². The van der Waals surface area contributed by atoms with E-state index in [-0.39, 0.29) is 18.5 Å². The maximum atomic E-state index is 13.8. The number of hydrogen-bond donors (Lipinski definition) is 0. The topological polar surface area (TPSA) is 49.2 Å². The van der Waals surface area contributed by atoms with Gasteiger partial charge in [-0.05, 0) is 37.1 Å². The van der Waals surface area contributed by atoms with Crippen LogP contribution >= 0.6 is 11.8 Å². The summed E-state index contributed by atoms with van der Waals surface area (Å²) in [6, 6.07) is 16.2. The van der Waals surface area contributed by atoms with Crippen molar-refractivity contribution < 1.29 is 13.9 Å². The molecule has 1 aliphatic heterocycles. The number of hydrogen-bond acceptors (Lipinski definition) is 5. The van der Waals surface area contributed by atoms with Gasteiger partial charge in [-0.15, -0.1) is 10.2 Å². The molecule has 0 bridgehead atoms. The Morgan fingerprint density at radius 1 is 1.11 bits per heavy atom. The monoisotopic (exact) mass is 385 g/mol. The molecule has 5 nitrogen and oxygen atoms in total. The lowest BCUT2D eigenvalue weighted by Gasteiger charge is -2.12. The molecule has 0 aliphatic carbocycles. The molecular weight excluding hydrogens is 365 g/mol. The molecule has 0 spiro atoms. The van der Waals surface area contributed by atoms with Crippen LogP contribution in [0.1, 0.15) is 18.7 Å². The van der Waals surface area contributed by atoms with Crippen LogP contribution in [-0.4, -0.2) is 33.2 Å². The molecule has 1 aliphatic rings. The fraction of sp³-hybridized carbons (Fsp3) is 0.300. The molecule has 1 atom stereocenters. The molecule has 4 rings (SSSR count). The van der Waals surface area contributed by atoms with Gasteiger partial charge in [0.1, 0.15) is 6.61 Å². The van der Waals surface area contributed by atoms with Crippen molar-refractivity contribution in [3.05, 3.63) is 66.2 Å². The minimum absolute atomic E-state index is 0.128. The van der Waals surface area contributed by atoms with E-state index in [0.717, 1.165) is 36.0 Å². The SMILES string of the molecule is Fc1ccccc1OCc1nnc(SC[C@@H]2CCCO2)n1-c1ccccc1. The molecule has 140 valence electrons. The number of benzene rings is 2. The summed E-state index contributed by atoms with van der Waals surface area (Å²) in [7, 11) is 0. The maximum Gasteiger partial charge on any atom is 0.196 e. The van der Waals surface area contributed by atoms with Gasteiger partial charge in [0.15, 0.2) is 22.5 Å². The van der Waals surface area contributed by atoms with E-state index in [2.05, 4.69) is 10.2 Å². The Morgan fingerprint density at radius 2 is 1.93 bits per heavy atom. The van der Waals surface area contributed by atoms with E-state index in [0.29, 0.717) is 5.82 Å². The summed E-state index contributed by atoms with van der Waals surface area (Å²) in [5.74, 6) is 1.27. The highest BCUT2D eigenvalue weighted by molar-refractivity contribution is 7.99. The standard InChI is InChI=1S/C20H20FN3O2S/c21-17-10-4-5-11-18(17)26-13-19-22-23-20(27-14-16-9-6-12-25-16)24(19)15-7-2-1-3-8-15/h1-5,7-8,10-11,16H,6,9,12-14H2/t16-/m0/s1. The first-order valence-corrected chi connectivity index (χ1v) is 9.91. The van der Waals surface area contributed by atoms with Gasteiger partial charge in [0, 0.05) is 18.0 Å². The molecule has 0 unspecified atom stereocenters. The van der Waals surface area contributed by atoms with Crippen molar-refractivity contribution in [1.82, 2.24) is 14.8 Å². The van der Waals surface area contributed by atoms with Gasteiger partial charge in [-0.2, -0.15) is 0 Å². The van der Waals surface area contributed by atoms with Crippen LogP contribution in [0, 0.1) is 5.82 Å². The highest BCUT2D eigenvalue weighted by atomic mass is 32.2. The largest absolute Gasteiger partial charge is 0.483 e. The molecule has 1 aromatic heterocycles. The Bertz CT molecular complexity index is 882. The van der Waals surface area contributed by atoms with Crippen LogP contribution in [0.25, 0.3) is 5.69 Å². The van der Waals surface area contributed by atoms with Crippen LogP contribution in [0.2, 0.25) is 0 Å². The smallest absolute Gasteiger partial charge is 0.196 e. The van der Waals surface area contributed by atoms with Crippen LogP contribution in [0.15, 0.2) is 59.8 Å². The first-order valence-electron chi connectivity index (χ1n) is 8.93. The number of aromatic nitrogens is 3. The van der Waals surface area contributed by atoms with E-state index < -0.39 is 5.82 Å². The summed E-state index contributed by atoms with van der Waals surface area (Å²) in [6.45, 7) is 0.960. The number of thioether (sulfide) groups is 1. The average Bonchev–Trinajstić information content (AvgIpc) is 3.36. The first-order chi connectivity index (χ1) is 13.3. The number of ether oxygens (including phenoxy) is 2. The lowest BCUT2D eigenvalue weighted by atomic mass is 10.3. The number of halogens is 1.